The maximum atomic E-state index is 13.4. The lowest BCUT2D eigenvalue weighted by molar-refractivity contribution is 0.628. The minimum Gasteiger partial charge on any atom is -0.355 e. The standard InChI is InChI=1S/C14H9ClFN/c15-11-6-5-10(7-12(11)16)14-8-9-3-1-2-4-13(9)17-14/h1-8,17H. The number of benzene rings is 2. The summed E-state index contributed by atoms with van der Waals surface area (Å²) in [7, 11) is 0. The van der Waals surface area contributed by atoms with Gasteiger partial charge in [-0.25, -0.2) is 4.39 Å². The van der Waals surface area contributed by atoms with Gasteiger partial charge in [-0.1, -0.05) is 35.9 Å². The highest BCUT2D eigenvalue weighted by atomic mass is 35.5. The first-order valence-electron chi connectivity index (χ1n) is 5.27. The highest BCUT2D eigenvalue weighted by Gasteiger charge is 2.05. The third-order valence-electron chi connectivity index (χ3n) is 2.76. The Kier molecular flexibility index (Phi) is 2.37. The van der Waals surface area contributed by atoms with Gasteiger partial charge in [-0.2, -0.15) is 0 Å². The largest absolute Gasteiger partial charge is 0.355 e. The van der Waals surface area contributed by atoms with Gasteiger partial charge in [0.15, 0.2) is 0 Å². The molecule has 2 aromatic carbocycles. The molecule has 1 aromatic heterocycles. The number of H-pyrrole nitrogens is 1. The number of hydrogen-bond donors (Lipinski definition) is 1. The predicted octanol–water partition coefficient (Wildman–Crippen LogP) is 4.63. The monoisotopic (exact) mass is 245 g/mol. The van der Waals surface area contributed by atoms with E-state index in [1.807, 2.05) is 30.3 Å². The van der Waals surface area contributed by atoms with E-state index in [1.165, 1.54) is 6.07 Å². The van der Waals surface area contributed by atoms with Gasteiger partial charge in [0.25, 0.3) is 0 Å². The predicted molar refractivity (Wildman–Crippen MR) is 68.7 cm³/mol. The number of para-hydroxylation sites is 1. The second-order valence-corrected chi connectivity index (χ2v) is 4.31. The van der Waals surface area contributed by atoms with E-state index in [9.17, 15) is 4.39 Å². The third-order valence-corrected chi connectivity index (χ3v) is 3.07. The van der Waals surface area contributed by atoms with E-state index < -0.39 is 5.82 Å². The Balaban J connectivity index is 2.17. The van der Waals surface area contributed by atoms with Crippen molar-refractivity contribution >= 4 is 22.5 Å². The van der Waals surface area contributed by atoms with E-state index in [1.54, 1.807) is 12.1 Å². The Morgan fingerprint density at radius 1 is 1.00 bits per heavy atom. The summed E-state index contributed by atoms with van der Waals surface area (Å²) in [6.07, 6.45) is 0. The molecule has 0 aliphatic rings. The van der Waals surface area contributed by atoms with E-state index >= 15 is 0 Å². The minimum absolute atomic E-state index is 0.143. The van der Waals surface area contributed by atoms with Crippen LogP contribution in [0.2, 0.25) is 5.02 Å². The maximum Gasteiger partial charge on any atom is 0.142 e. The van der Waals surface area contributed by atoms with E-state index in [0.29, 0.717) is 0 Å². The quantitative estimate of drug-likeness (QED) is 0.644. The molecule has 0 saturated heterocycles. The molecule has 1 nitrogen and oxygen atoms in total. The summed E-state index contributed by atoms with van der Waals surface area (Å²) in [5.74, 6) is -0.400. The van der Waals surface area contributed by atoms with Gasteiger partial charge in [-0.05, 0) is 24.3 Å². The number of nitrogens with one attached hydrogen (secondary N) is 1. The molecule has 0 radical (unpaired) electrons. The van der Waals surface area contributed by atoms with Crippen molar-refractivity contribution in [2.75, 3.05) is 0 Å². The zero-order valence-electron chi connectivity index (χ0n) is 8.87. The molecule has 0 unspecified atom stereocenters. The van der Waals surface area contributed by atoms with E-state index in [-0.39, 0.29) is 5.02 Å². The smallest absolute Gasteiger partial charge is 0.142 e. The van der Waals surface area contributed by atoms with Crippen molar-refractivity contribution in [2.45, 2.75) is 0 Å². The summed E-state index contributed by atoms with van der Waals surface area (Å²) in [6.45, 7) is 0. The fourth-order valence-corrected chi connectivity index (χ4v) is 2.01. The van der Waals surface area contributed by atoms with Crippen LogP contribution in [0.1, 0.15) is 0 Å². The van der Waals surface area contributed by atoms with Gasteiger partial charge >= 0.3 is 0 Å². The number of rotatable bonds is 1. The zero-order chi connectivity index (χ0) is 11.8. The van der Waals surface area contributed by atoms with Crippen molar-refractivity contribution in [1.82, 2.24) is 4.98 Å². The van der Waals surface area contributed by atoms with E-state index in [4.69, 9.17) is 11.6 Å². The molecule has 3 rings (SSSR count). The van der Waals surface area contributed by atoms with Gasteiger partial charge in [0.1, 0.15) is 5.82 Å². The van der Waals surface area contributed by atoms with Crippen LogP contribution in [0.3, 0.4) is 0 Å². The van der Waals surface area contributed by atoms with E-state index in [2.05, 4.69) is 4.98 Å². The number of hydrogen-bond acceptors (Lipinski definition) is 0. The van der Waals surface area contributed by atoms with Crippen LogP contribution in [0.5, 0.6) is 0 Å². The van der Waals surface area contributed by atoms with Gasteiger partial charge in [0.2, 0.25) is 0 Å². The molecule has 0 aliphatic carbocycles. The summed E-state index contributed by atoms with van der Waals surface area (Å²) < 4.78 is 13.4. The Bertz CT molecular complexity index is 655. The average Bonchev–Trinajstić information content (AvgIpc) is 2.76. The van der Waals surface area contributed by atoms with Gasteiger partial charge in [0, 0.05) is 22.2 Å². The van der Waals surface area contributed by atoms with Crippen molar-refractivity contribution in [3.05, 3.63) is 59.4 Å². The van der Waals surface area contributed by atoms with Crippen LogP contribution in [0.4, 0.5) is 4.39 Å². The first-order valence-corrected chi connectivity index (χ1v) is 5.65. The lowest BCUT2D eigenvalue weighted by Gasteiger charge is -1.99. The maximum absolute atomic E-state index is 13.4. The van der Waals surface area contributed by atoms with Crippen molar-refractivity contribution in [3.63, 3.8) is 0 Å². The van der Waals surface area contributed by atoms with Crippen LogP contribution in [-0.2, 0) is 0 Å². The molecule has 17 heavy (non-hydrogen) atoms. The van der Waals surface area contributed by atoms with Gasteiger partial charge in [-0.15, -0.1) is 0 Å². The number of aromatic nitrogens is 1. The Hall–Kier alpha value is -1.80. The van der Waals surface area contributed by atoms with Crippen LogP contribution in [0.25, 0.3) is 22.2 Å². The molecule has 0 bridgehead atoms. The summed E-state index contributed by atoms with van der Waals surface area (Å²) in [5.41, 5.74) is 2.72. The van der Waals surface area contributed by atoms with Crippen LogP contribution in [0, 0.1) is 5.82 Å². The molecule has 84 valence electrons. The Morgan fingerprint density at radius 2 is 1.82 bits per heavy atom. The number of aromatic amines is 1. The third kappa shape index (κ3) is 1.81. The van der Waals surface area contributed by atoms with E-state index in [0.717, 1.165) is 22.2 Å². The molecule has 0 aliphatic heterocycles. The molecular formula is C14H9ClFN. The highest BCUT2D eigenvalue weighted by Crippen LogP contribution is 2.26. The molecular weight excluding hydrogens is 237 g/mol. The molecule has 3 heteroatoms. The van der Waals surface area contributed by atoms with Crippen LogP contribution in [0.15, 0.2) is 48.5 Å². The summed E-state index contributed by atoms with van der Waals surface area (Å²) in [6, 6.07) is 14.7. The summed E-state index contributed by atoms with van der Waals surface area (Å²) >= 11 is 5.66. The van der Waals surface area contributed by atoms with Crippen LogP contribution >= 0.6 is 11.6 Å². The second-order valence-electron chi connectivity index (χ2n) is 3.90. The fourth-order valence-electron chi connectivity index (χ4n) is 1.89. The molecule has 3 aromatic rings. The Morgan fingerprint density at radius 3 is 2.59 bits per heavy atom. The Labute approximate surface area is 103 Å². The lowest BCUT2D eigenvalue weighted by atomic mass is 10.1. The summed E-state index contributed by atoms with van der Waals surface area (Å²) in [4.78, 5) is 3.25. The van der Waals surface area contributed by atoms with Gasteiger partial charge in [0.05, 0.1) is 5.02 Å². The van der Waals surface area contributed by atoms with Crippen molar-refractivity contribution in [1.29, 1.82) is 0 Å². The summed E-state index contributed by atoms with van der Waals surface area (Å²) in [5, 5.41) is 1.25. The van der Waals surface area contributed by atoms with Crippen molar-refractivity contribution < 1.29 is 4.39 Å². The normalized spacial score (nSPS) is 10.9. The first-order chi connectivity index (χ1) is 8.24. The molecule has 0 saturated carbocycles. The van der Waals surface area contributed by atoms with Crippen LogP contribution < -0.4 is 0 Å². The molecule has 0 atom stereocenters. The van der Waals surface area contributed by atoms with Crippen molar-refractivity contribution in [2.24, 2.45) is 0 Å². The minimum atomic E-state index is -0.400. The molecule has 0 amide bonds. The van der Waals surface area contributed by atoms with Crippen LogP contribution in [-0.4, -0.2) is 4.98 Å². The highest BCUT2D eigenvalue weighted by molar-refractivity contribution is 6.30. The second kappa shape index (κ2) is 3.90. The number of fused-ring (bicyclic) bond motifs is 1. The zero-order valence-corrected chi connectivity index (χ0v) is 9.63. The molecule has 0 fully saturated rings. The fraction of sp³-hybridized carbons (Fsp3) is 0. The van der Waals surface area contributed by atoms with Crippen molar-refractivity contribution in [3.8, 4) is 11.3 Å². The topological polar surface area (TPSA) is 15.8 Å². The molecule has 1 heterocycles. The van der Waals surface area contributed by atoms with Gasteiger partial charge < -0.3 is 4.98 Å². The lowest BCUT2D eigenvalue weighted by Crippen LogP contribution is -1.81. The molecule has 0 spiro atoms. The SMILES string of the molecule is Fc1cc(-c2cc3ccccc3[nH]2)ccc1Cl. The number of halogens is 2. The first kappa shape index (κ1) is 10.4. The average molecular weight is 246 g/mol. The molecule has 1 N–H and O–H groups in total. The van der Waals surface area contributed by atoms with Gasteiger partial charge in [-0.3, -0.25) is 0 Å².